The summed E-state index contributed by atoms with van der Waals surface area (Å²) in [5.41, 5.74) is 1.60. The van der Waals surface area contributed by atoms with E-state index in [9.17, 15) is 8.78 Å². The maximum atomic E-state index is 14.2. The largest absolute Gasteiger partial charge is 0.482 e. The van der Waals surface area contributed by atoms with Gasteiger partial charge in [0.25, 0.3) is 0 Å². The van der Waals surface area contributed by atoms with Crippen LogP contribution in [0.5, 0.6) is 5.75 Å². The van der Waals surface area contributed by atoms with E-state index in [1.165, 1.54) is 17.1 Å². The van der Waals surface area contributed by atoms with Gasteiger partial charge < -0.3 is 4.74 Å². The number of nitrogens with zero attached hydrogens (tertiary/aromatic N) is 7. The molecule has 4 aromatic rings. The van der Waals surface area contributed by atoms with Gasteiger partial charge in [0.1, 0.15) is 12.9 Å². The van der Waals surface area contributed by atoms with Crippen LogP contribution in [0.4, 0.5) is 8.78 Å². The van der Waals surface area contributed by atoms with Gasteiger partial charge in [-0.2, -0.15) is 9.49 Å². The predicted molar refractivity (Wildman–Crippen MR) is 105 cm³/mol. The lowest BCUT2D eigenvalue weighted by Crippen LogP contribution is -2.03. The molecule has 0 unspecified atom stereocenters. The summed E-state index contributed by atoms with van der Waals surface area (Å²) in [6.45, 7) is -0.0500. The minimum Gasteiger partial charge on any atom is -0.482 e. The summed E-state index contributed by atoms with van der Waals surface area (Å²) in [5, 5.41) is 4.07. The molecule has 0 N–H and O–H groups in total. The topological polar surface area (TPSA) is 91.5 Å². The Labute approximate surface area is 176 Å². The molecule has 31 heavy (non-hydrogen) atoms. The fourth-order valence-electron chi connectivity index (χ4n) is 3.49. The third-order valence-corrected chi connectivity index (χ3v) is 5.11. The van der Waals surface area contributed by atoms with E-state index in [1.54, 1.807) is 44.0 Å². The van der Waals surface area contributed by atoms with E-state index in [1.807, 2.05) is 0 Å². The van der Waals surface area contributed by atoms with Crippen molar-refractivity contribution in [2.45, 2.75) is 24.9 Å². The Morgan fingerprint density at radius 2 is 1.68 bits per heavy atom. The molecule has 3 heterocycles. The molecule has 10 heteroatoms. The summed E-state index contributed by atoms with van der Waals surface area (Å²) in [6, 6.07) is 4.48. The summed E-state index contributed by atoms with van der Waals surface area (Å²) in [5.74, 6) is -0.682. The molecule has 2 atom stereocenters. The van der Waals surface area contributed by atoms with E-state index in [-0.39, 0.29) is 24.2 Å². The van der Waals surface area contributed by atoms with E-state index >= 15 is 0 Å². The summed E-state index contributed by atoms with van der Waals surface area (Å²) in [7, 11) is 1.72. The maximum Gasteiger partial charge on any atom is 0.200 e. The molecule has 0 radical (unpaired) electrons. The number of aryl methyl sites for hydroxylation is 1. The molecular formula is C21H17F2N7O. The molecule has 0 bridgehead atoms. The third kappa shape index (κ3) is 3.96. The van der Waals surface area contributed by atoms with Crippen molar-refractivity contribution in [3.05, 3.63) is 77.9 Å². The first kappa shape index (κ1) is 19.2. The van der Waals surface area contributed by atoms with Crippen LogP contribution in [0, 0.1) is 11.6 Å². The Kier molecular flexibility index (Phi) is 4.81. The van der Waals surface area contributed by atoms with E-state index in [0.717, 1.165) is 12.0 Å². The van der Waals surface area contributed by atoms with Crippen LogP contribution in [0.25, 0.3) is 11.6 Å². The molecular weight excluding hydrogens is 404 g/mol. The number of aromatic nitrogens is 7. The standard InChI is InChI=1S/C21H17F2N7O/c1-30-11-28-18(29-30)10-31-17-6-12(5-16(22)19(17)23)14-7-15(14)13-8-26-21(27-9-13)20-24-3-2-4-25-20/h2-6,8-9,11,14-15H,7,10H2,1H3/t14-,15+/m1/s1. The molecule has 0 amide bonds. The van der Waals surface area contributed by atoms with Gasteiger partial charge in [0.2, 0.25) is 5.82 Å². The van der Waals surface area contributed by atoms with E-state index < -0.39 is 11.6 Å². The van der Waals surface area contributed by atoms with Gasteiger partial charge in [0.05, 0.1) is 0 Å². The van der Waals surface area contributed by atoms with Crippen molar-refractivity contribution in [2.24, 2.45) is 7.05 Å². The van der Waals surface area contributed by atoms with Gasteiger partial charge in [-0.05, 0) is 47.6 Å². The number of hydrogen-bond donors (Lipinski definition) is 0. The van der Waals surface area contributed by atoms with Gasteiger partial charge in [-0.25, -0.2) is 29.3 Å². The van der Waals surface area contributed by atoms with Crippen LogP contribution in [0.2, 0.25) is 0 Å². The quantitative estimate of drug-likeness (QED) is 0.472. The monoisotopic (exact) mass is 421 g/mol. The van der Waals surface area contributed by atoms with Gasteiger partial charge in [0, 0.05) is 31.8 Å². The van der Waals surface area contributed by atoms with Crippen molar-refractivity contribution in [2.75, 3.05) is 0 Å². The Bertz CT molecular complexity index is 1210. The molecule has 156 valence electrons. The van der Waals surface area contributed by atoms with Gasteiger partial charge in [-0.1, -0.05) is 0 Å². The minimum atomic E-state index is -1.02. The fourth-order valence-corrected chi connectivity index (χ4v) is 3.49. The highest BCUT2D eigenvalue weighted by molar-refractivity contribution is 5.44. The van der Waals surface area contributed by atoms with Crippen molar-refractivity contribution >= 4 is 0 Å². The molecule has 8 nitrogen and oxygen atoms in total. The highest BCUT2D eigenvalue weighted by atomic mass is 19.2. The molecule has 1 aliphatic rings. The number of benzene rings is 1. The molecule has 0 aliphatic heterocycles. The zero-order valence-electron chi connectivity index (χ0n) is 16.5. The van der Waals surface area contributed by atoms with Crippen molar-refractivity contribution < 1.29 is 13.5 Å². The smallest absolute Gasteiger partial charge is 0.200 e. The van der Waals surface area contributed by atoms with Crippen molar-refractivity contribution in [3.8, 4) is 17.4 Å². The highest BCUT2D eigenvalue weighted by Crippen LogP contribution is 2.55. The van der Waals surface area contributed by atoms with E-state index in [0.29, 0.717) is 23.0 Å². The molecule has 0 spiro atoms. The molecule has 1 fully saturated rings. The van der Waals surface area contributed by atoms with Crippen LogP contribution >= 0.6 is 0 Å². The number of rotatable bonds is 6. The SMILES string of the molecule is Cn1cnc(COc2cc([C@H]3C[C@H]3c3cnc(-c4ncccn4)nc3)cc(F)c2F)n1. The average Bonchev–Trinajstić information content (AvgIpc) is 3.49. The maximum absolute atomic E-state index is 14.2. The Balaban J connectivity index is 1.31. The van der Waals surface area contributed by atoms with E-state index in [2.05, 4.69) is 30.0 Å². The van der Waals surface area contributed by atoms with Crippen molar-refractivity contribution in [1.29, 1.82) is 0 Å². The molecule has 5 rings (SSSR count). The number of ether oxygens (including phenoxy) is 1. The van der Waals surface area contributed by atoms with Crippen LogP contribution in [0.15, 0.2) is 49.3 Å². The minimum absolute atomic E-state index is 0.0350. The van der Waals surface area contributed by atoms with Gasteiger partial charge in [-0.3, -0.25) is 4.68 Å². The second kappa shape index (κ2) is 7.78. The molecule has 1 aliphatic carbocycles. The first-order valence-corrected chi connectivity index (χ1v) is 9.64. The Hall–Kier alpha value is -3.82. The third-order valence-electron chi connectivity index (χ3n) is 5.11. The second-order valence-electron chi connectivity index (χ2n) is 7.30. The lowest BCUT2D eigenvalue weighted by Gasteiger charge is -2.09. The summed E-state index contributed by atoms with van der Waals surface area (Å²) >= 11 is 0. The van der Waals surface area contributed by atoms with Crippen LogP contribution < -0.4 is 4.74 Å². The van der Waals surface area contributed by atoms with Crippen molar-refractivity contribution in [3.63, 3.8) is 0 Å². The Morgan fingerprint density at radius 3 is 2.39 bits per heavy atom. The lowest BCUT2D eigenvalue weighted by atomic mass is 10.1. The normalized spacial score (nSPS) is 17.5. The van der Waals surface area contributed by atoms with Gasteiger partial charge in [-0.15, -0.1) is 0 Å². The van der Waals surface area contributed by atoms with Crippen LogP contribution in [0.1, 0.15) is 35.2 Å². The summed E-state index contributed by atoms with van der Waals surface area (Å²) < 4.78 is 35.4. The Morgan fingerprint density at radius 1 is 0.968 bits per heavy atom. The van der Waals surface area contributed by atoms with Crippen LogP contribution in [0.3, 0.4) is 0 Å². The van der Waals surface area contributed by atoms with E-state index in [4.69, 9.17) is 4.74 Å². The first-order valence-electron chi connectivity index (χ1n) is 9.64. The molecule has 1 saturated carbocycles. The summed E-state index contributed by atoms with van der Waals surface area (Å²) in [4.78, 5) is 21.0. The van der Waals surface area contributed by atoms with Crippen LogP contribution in [-0.2, 0) is 13.7 Å². The fraction of sp³-hybridized carbons (Fsp3) is 0.238. The molecule has 0 saturated heterocycles. The lowest BCUT2D eigenvalue weighted by molar-refractivity contribution is 0.275. The zero-order valence-corrected chi connectivity index (χ0v) is 16.5. The molecule has 3 aromatic heterocycles. The van der Waals surface area contributed by atoms with Crippen molar-refractivity contribution in [1.82, 2.24) is 34.7 Å². The van der Waals surface area contributed by atoms with Gasteiger partial charge >= 0.3 is 0 Å². The second-order valence-corrected chi connectivity index (χ2v) is 7.30. The zero-order chi connectivity index (χ0) is 21.4. The van der Waals surface area contributed by atoms with Crippen LogP contribution in [-0.4, -0.2) is 34.7 Å². The number of halogens is 2. The summed E-state index contributed by atoms with van der Waals surface area (Å²) in [6.07, 6.45) is 9.02. The highest BCUT2D eigenvalue weighted by Gasteiger charge is 2.41. The predicted octanol–water partition coefficient (Wildman–Crippen LogP) is 3.19. The number of hydrogen-bond acceptors (Lipinski definition) is 7. The first-order chi connectivity index (χ1) is 15.1. The average molecular weight is 421 g/mol. The van der Waals surface area contributed by atoms with Gasteiger partial charge in [0.15, 0.2) is 29.0 Å². The molecule has 1 aromatic carbocycles.